The number of hydrogen-bond donors (Lipinski definition) is 0. The Morgan fingerprint density at radius 3 is 2.42 bits per heavy atom. The Balaban J connectivity index is 1.65. The van der Waals surface area contributed by atoms with Crippen molar-refractivity contribution in [3.63, 3.8) is 0 Å². The van der Waals surface area contributed by atoms with E-state index in [1.165, 1.54) is 4.31 Å². The summed E-state index contributed by atoms with van der Waals surface area (Å²) in [5.41, 5.74) is 3.05. The largest absolute Gasteiger partial charge is 0.378 e. The van der Waals surface area contributed by atoms with Crippen LogP contribution in [0.15, 0.2) is 53.4 Å². The summed E-state index contributed by atoms with van der Waals surface area (Å²) in [5, 5.41) is 0. The molecule has 2 heterocycles. The first-order valence-corrected chi connectivity index (χ1v) is 9.64. The van der Waals surface area contributed by atoms with Crippen molar-refractivity contribution in [1.29, 1.82) is 0 Å². The van der Waals surface area contributed by atoms with E-state index in [9.17, 15) is 8.42 Å². The highest BCUT2D eigenvalue weighted by molar-refractivity contribution is 7.92. The number of fused-ring (bicyclic) bond motifs is 1. The molecule has 2 aromatic rings. The van der Waals surface area contributed by atoms with Crippen LogP contribution in [0.4, 0.5) is 11.4 Å². The molecule has 126 valence electrons. The molecule has 4 rings (SSSR count). The second kappa shape index (κ2) is 6.11. The van der Waals surface area contributed by atoms with Crippen LogP contribution in [0, 0.1) is 0 Å². The van der Waals surface area contributed by atoms with E-state index < -0.39 is 10.0 Å². The van der Waals surface area contributed by atoms with E-state index in [0.29, 0.717) is 11.4 Å². The molecule has 0 atom stereocenters. The van der Waals surface area contributed by atoms with Gasteiger partial charge in [0.2, 0.25) is 0 Å². The topological polar surface area (TPSA) is 49.9 Å². The molecule has 0 radical (unpaired) electrons. The van der Waals surface area contributed by atoms with Gasteiger partial charge in [-0.15, -0.1) is 0 Å². The molecule has 0 aliphatic carbocycles. The molecule has 0 bridgehead atoms. The zero-order valence-electron chi connectivity index (χ0n) is 13.4. The van der Waals surface area contributed by atoms with E-state index in [1.807, 2.05) is 18.2 Å². The lowest BCUT2D eigenvalue weighted by Gasteiger charge is -2.29. The zero-order chi connectivity index (χ0) is 16.6. The maximum Gasteiger partial charge on any atom is 0.264 e. The molecule has 2 aliphatic heterocycles. The van der Waals surface area contributed by atoms with Crippen molar-refractivity contribution in [1.82, 2.24) is 0 Å². The van der Waals surface area contributed by atoms with Gasteiger partial charge in [0, 0.05) is 25.3 Å². The summed E-state index contributed by atoms with van der Waals surface area (Å²) in [6.45, 7) is 3.74. The molecule has 0 amide bonds. The van der Waals surface area contributed by atoms with Crippen LogP contribution in [0.25, 0.3) is 0 Å². The van der Waals surface area contributed by atoms with E-state index in [1.54, 1.807) is 24.3 Å². The van der Waals surface area contributed by atoms with Crippen molar-refractivity contribution in [2.24, 2.45) is 0 Å². The van der Waals surface area contributed by atoms with E-state index >= 15 is 0 Å². The molecule has 5 nitrogen and oxygen atoms in total. The summed E-state index contributed by atoms with van der Waals surface area (Å²) in [6, 6.07) is 14.7. The van der Waals surface area contributed by atoms with Crippen LogP contribution >= 0.6 is 0 Å². The highest BCUT2D eigenvalue weighted by Crippen LogP contribution is 2.35. The van der Waals surface area contributed by atoms with Gasteiger partial charge < -0.3 is 9.64 Å². The number of rotatable bonds is 3. The van der Waals surface area contributed by atoms with Gasteiger partial charge in [0.25, 0.3) is 10.0 Å². The van der Waals surface area contributed by atoms with Gasteiger partial charge in [0.15, 0.2) is 0 Å². The van der Waals surface area contributed by atoms with E-state index in [-0.39, 0.29) is 0 Å². The molecule has 0 N–H and O–H groups in total. The summed E-state index contributed by atoms with van der Waals surface area (Å²) in [5.74, 6) is 0. The second-order valence-electron chi connectivity index (χ2n) is 6.05. The standard InChI is InChI=1S/C18H20N2O3S/c21-24(22,17-4-2-1-3-5-17)20-9-8-15-14-16(6-7-18(15)20)19-10-12-23-13-11-19/h1-7,14H,8-13H2. The Kier molecular flexibility index (Phi) is 3.94. The molecular weight excluding hydrogens is 324 g/mol. The van der Waals surface area contributed by atoms with Crippen LogP contribution in [0.1, 0.15) is 5.56 Å². The summed E-state index contributed by atoms with van der Waals surface area (Å²) in [6.07, 6.45) is 0.750. The fourth-order valence-corrected chi connectivity index (χ4v) is 4.87. The van der Waals surface area contributed by atoms with Gasteiger partial charge in [-0.2, -0.15) is 0 Å². The smallest absolute Gasteiger partial charge is 0.264 e. The molecule has 0 saturated carbocycles. The molecule has 2 aromatic carbocycles. The molecule has 24 heavy (non-hydrogen) atoms. The molecule has 1 fully saturated rings. The van der Waals surface area contributed by atoms with Crippen molar-refractivity contribution in [3.05, 3.63) is 54.1 Å². The van der Waals surface area contributed by atoms with Crippen molar-refractivity contribution in [2.45, 2.75) is 11.3 Å². The maximum atomic E-state index is 12.9. The molecule has 6 heteroatoms. The van der Waals surface area contributed by atoms with Crippen LogP contribution in [0.2, 0.25) is 0 Å². The molecular formula is C18H20N2O3S. The number of morpholine rings is 1. The van der Waals surface area contributed by atoms with Crippen LogP contribution < -0.4 is 9.21 Å². The number of nitrogens with zero attached hydrogens (tertiary/aromatic N) is 2. The first-order valence-electron chi connectivity index (χ1n) is 8.20. The van der Waals surface area contributed by atoms with Crippen LogP contribution in [0.5, 0.6) is 0 Å². The summed E-state index contributed by atoms with van der Waals surface area (Å²) >= 11 is 0. The van der Waals surface area contributed by atoms with Crippen LogP contribution in [-0.2, 0) is 21.2 Å². The second-order valence-corrected chi connectivity index (χ2v) is 7.91. The van der Waals surface area contributed by atoms with Gasteiger partial charge >= 0.3 is 0 Å². The highest BCUT2D eigenvalue weighted by Gasteiger charge is 2.31. The third-order valence-electron chi connectivity index (χ3n) is 4.62. The minimum atomic E-state index is -3.49. The number of sulfonamides is 1. The van der Waals surface area contributed by atoms with Gasteiger partial charge in [0.05, 0.1) is 23.8 Å². The van der Waals surface area contributed by atoms with Gasteiger partial charge in [-0.3, -0.25) is 4.31 Å². The van der Waals surface area contributed by atoms with Crippen molar-refractivity contribution >= 4 is 21.4 Å². The number of ether oxygens (including phenoxy) is 1. The SMILES string of the molecule is O=S(=O)(c1ccccc1)N1CCc2cc(N3CCOCC3)ccc21. The molecule has 2 aliphatic rings. The third kappa shape index (κ3) is 2.65. The number of hydrogen-bond acceptors (Lipinski definition) is 4. The Hall–Kier alpha value is -2.05. The normalized spacial score (nSPS) is 17.8. The highest BCUT2D eigenvalue weighted by atomic mass is 32.2. The number of anilines is 2. The summed E-state index contributed by atoms with van der Waals surface area (Å²) in [4.78, 5) is 2.63. The quantitative estimate of drug-likeness (QED) is 0.857. The van der Waals surface area contributed by atoms with Gasteiger partial charge in [-0.25, -0.2) is 8.42 Å². The lowest BCUT2D eigenvalue weighted by Crippen LogP contribution is -2.36. The van der Waals surface area contributed by atoms with Gasteiger partial charge in [0.1, 0.15) is 0 Å². The third-order valence-corrected chi connectivity index (χ3v) is 6.45. The average Bonchev–Trinajstić information content (AvgIpc) is 3.07. The first kappa shape index (κ1) is 15.5. The van der Waals surface area contributed by atoms with Crippen LogP contribution in [0.3, 0.4) is 0 Å². The van der Waals surface area contributed by atoms with Crippen LogP contribution in [-0.4, -0.2) is 41.3 Å². The minimum Gasteiger partial charge on any atom is -0.378 e. The predicted octanol–water partition coefficient (Wildman–Crippen LogP) is 2.27. The van der Waals surface area contributed by atoms with Crippen molar-refractivity contribution in [3.8, 4) is 0 Å². The Bertz CT molecular complexity index is 831. The number of benzene rings is 2. The van der Waals surface area contributed by atoms with E-state index in [4.69, 9.17) is 4.74 Å². The maximum absolute atomic E-state index is 12.9. The fraction of sp³-hybridized carbons (Fsp3) is 0.333. The minimum absolute atomic E-state index is 0.343. The van der Waals surface area contributed by atoms with E-state index in [2.05, 4.69) is 11.0 Å². The van der Waals surface area contributed by atoms with Gasteiger partial charge in [-0.1, -0.05) is 18.2 Å². The monoisotopic (exact) mass is 344 g/mol. The Morgan fingerprint density at radius 1 is 0.917 bits per heavy atom. The lowest BCUT2D eigenvalue weighted by molar-refractivity contribution is 0.122. The summed E-state index contributed by atoms with van der Waals surface area (Å²) < 4.78 is 32.7. The fourth-order valence-electron chi connectivity index (χ4n) is 3.35. The lowest BCUT2D eigenvalue weighted by atomic mass is 10.1. The predicted molar refractivity (Wildman–Crippen MR) is 94.2 cm³/mol. The summed E-state index contributed by atoms with van der Waals surface area (Å²) in [7, 11) is -3.49. The Labute approximate surface area is 142 Å². The molecule has 0 spiro atoms. The van der Waals surface area contributed by atoms with Crippen molar-refractivity contribution < 1.29 is 13.2 Å². The molecule has 0 unspecified atom stereocenters. The first-order chi connectivity index (χ1) is 11.7. The average molecular weight is 344 g/mol. The molecule has 1 saturated heterocycles. The van der Waals surface area contributed by atoms with Crippen molar-refractivity contribution in [2.75, 3.05) is 42.1 Å². The molecule has 0 aromatic heterocycles. The Morgan fingerprint density at radius 2 is 1.67 bits per heavy atom. The van der Waals surface area contributed by atoms with Gasteiger partial charge in [-0.05, 0) is 42.3 Å². The zero-order valence-corrected chi connectivity index (χ0v) is 14.2. The van der Waals surface area contributed by atoms with E-state index in [0.717, 1.165) is 49.7 Å².